The van der Waals surface area contributed by atoms with Gasteiger partial charge in [-0.3, -0.25) is 14.9 Å². The number of nitrogens with zero attached hydrogens (tertiary/aromatic N) is 2. The van der Waals surface area contributed by atoms with Crippen LogP contribution in [0.5, 0.6) is 5.75 Å². The zero-order valence-corrected chi connectivity index (χ0v) is 15.3. The fraction of sp³-hybridized carbons (Fsp3) is 0.222. The van der Waals surface area contributed by atoms with Gasteiger partial charge in [0.1, 0.15) is 5.75 Å². The number of amides is 1. The molecule has 8 heteroatoms. The van der Waals surface area contributed by atoms with Gasteiger partial charge in [0.15, 0.2) is 6.61 Å². The molecule has 0 heterocycles. The van der Waals surface area contributed by atoms with E-state index in [2.05, 4.69) is 10.5 Å². The van der Waals surface area contributed by atoms with Crippen molar-refractivity contribution in [1.29, 1.82) is 0 Å². The van der Waals surface area contributed by atoms with E-state index in [9.17, 15) is 14.9 Å². The number of halogens is 1. The van der Waals surface area contributed by atoms with Crippen molar-refractivity contribution in [2.75, 3.05) is 6.61 Å². The summed E-state index contributed by atoms with van der Waals surface area (Å²) in [5.41, 5.74) is 5.31. The number of benzene rings is 2. The Hall–Kier alpha value is -2.93. The highest BCUT2D eigenvalue weighted by Crippen LogP contribution is 2.25. The van der Waals surface area contributed by atoms with E-state index in [1.165, 1.54) is 12.1 Å². The molecule has 0 saturated heterocycles. The average Bonchev–Trinajstić information content (AvgIpc) is 2.62. The summed E-state index contributed by atoms with van der Waals surface area (Å²) >= 11 is 6.09. The largest absolute Gasteiger partial charge is 0.484 e. The number of nitro benzene ring substituents is 1. The van der Waals surface area contributed by atoms with E-state index in [1.807, 2.05) is 13.8 Å². The fourth-order valence-corrected chi connectivity index (χ4v) is 2.31. The van der Waals surface area contributed by atoms with Crippen LogP contribution in [0.25, 0.3) is 0 Å². The highest BCUT2D eigenvalue weighted by molar-refractivity contribution is 6.32. The number of carbonyl (C=O) groups is 1. The van der Waals surface area contributed by atoms with Crippen molar-refractivity contribution in [2.45, 2.75) is 20.8 Å². The molecule has 1 amide bonds. The smallest absolute Gasteiger partial charge is 0.277 e. The van der Waals surface area contributed by atoms with Crippen LogP contribution in [0.15, 0.2) is 41.5 Å². The van der Waals surface area contributed by atoms with Gasteiger partial charge in [0.25, 0.3) is 11.6 Å². The molecule has 0 aliphatic rings. The number of aryl methyl sites for hydroxylation is 2. The van der Waals surface area contributed by atoms with Gasteiger partial charge in [-0.15, -0.1) is 0 Å². The molecule has 0 bridgehead atoms. The van der Waals surface area contributed by atoms with E-state index in [1.54, 1.807) is 31.2 Å². The lowest BCUT2D eigenvalue weighted by molar-refractivity contribution is -0.384. The van der Waals surface area contributed by atoms with E-state index < -0.39 is 10.8 Å². The van der Waals surface area contributed by atoms with E-state index >= 15 is 0 Å². The lowest BCUT2D eigenvalue weighted by Gasteiger charge is -2.09. The fourth-order valence-electron chi connectivity index (χ4n) is 2.21. The van der Waals surface area contributed by atoms with Crippen molar-refractivity contribution < 1.29 is 14.5 Å². The van der Waals surface area contributed by atoms with Crippen molar-refractivity contribution in [2.24, 2.45) is 5.10 Å². The highest BCUT2D eigenvalue weighted by Gasteiger charge is 2.08. The topological polar surface area (TPSA) is 93.8 Å². The minimum Gasteiger partial charge on any atom is -0.484 e. The van der Waals surface area contributed by atoms with Crippen LogP contribution in [-0.4, -0.2) is 23.1 Å². The molecule has 2 rings (SSSR count). The number of ether oxygens (including phenoxy) is 1. The third kappa shape index (κ3) is 5.03. The van der Waals surface area contributed by atoms with Crippen LogP contribution in [0, 0.1) is 24.0 Å². The van der Waals surface area contributed by atoms with Crippen molar-refractivity contribution in [3.8, 4) is 5.75 Å². The summed E-state index contributed by atoms with van der Waals surface area (Å²) in [5, 5.41) is 15.3. The van der Waals surface area contributed by atoms with E-state index in [0.717, 1.165) is 11.1 Å². The summed E-state index contributed by atoms with van der Waals surface area (Å²) in [6.45, 7) is 5.21. The first-order valence-corrected chi connectivity index (χ1v) is 8.13. The van der Waals surface area contributed by atoms with E-state index in [-0.39, 0.29) is 12.3 Å². The maximum Gasteiger partial charge on any atom is 0.277 e. The first-order chi connectivity index (χ1) is 12.3. The molecule has 0 radical (unpaired) electrons. The van der Waals surface area contributed by atoms with Crippen LogP contribution in [0.1, 0.15) is 23.6 Å². The number of hydrogen-bond donors (Lipinski definition) is 1. The number of rotatable bonds is 6. The predicted octanol–water partition coefficient (Wildman–Crippen LogP) is 3.78. The molecule has 26 heavy (non-hydrogen) atoms. The van der Waals surface area contributed by atoms with Crippen molar-refractivity contribution in [3.63, 3.8) is 0 Å². The SMILES string of the molecule is C/C(=N/NC(=O)COc1cc(C)c(Cl)c(C)c1)c1ccc([N+](=O)[O-])cc1. The van der Waals surface area contributed by atoms with Gasteiger partial charge in [0, 0.05) is 17.2 Å². The van der Waals surface area contributed by atoms with Gasteiger partial charge in [-0.1, -0.05) is 11.6 Å². The van der Waals surface area contributed by atoms with Gasteiger partial charge < -0.3 is 4.74 Å². The molecule has 136 valence electrons. The van der Waals surface area contributed by atoms with Gasteiger partial charge in [0.2, 0.25) is 0 Å². The van der Waals surface area contributed by atoms with Gasteiger partial charge in [0.05, 0.1) is 10.6 Å². The first kappa shape index (κ1) is 19.4. The van der Waals surface area contributed by atoms with Crippen molar-refractivity contribution in [1.82, 2.24) is 5.43 Å². The van der Waals surface area contributed by atoms with Crippen molar-refractivity contribution in [3.05, 3.63) is 68.2 Å². The van der Waals surface area contributed by atoms with Crippen LogP contribution >= 0.6 is 11.6 Å². The molecule has 2 aromatic carbocycles. The second kappa shape index (κ2) is 8.44. The average molecular weight is 376 g/mol. The van der Waals surface area contributed by atoms with Crippen molar-refractivity contribution >= 4 is 28.9 Å². The Labute approximate surface area is 155 Å². The van der Waals surface area contributed by atoms with Gasteiger partial charge in [-0.05, 0) is 61.7 Å². The lowest BCUT2D eigenvalue weighted by atomic mass is 10.1. The molecule has 2 aromatic rings. The third-order valence-electron chi connectivity index (χ3n) is 3.62. The van der Waals surface area contributed by atoms with Gasteiger partial charge in [-0.25, -0.2) is 5.43 Å². The normalized spacial score (nSPS) is 11.2. The maximum atomic E-state index is 11.9. The Morgan fingerprint density at radius 1 is 1.23 bits per heavy atom. The van der Waals surface area contributed by atoms with Gasteiger partial charge >= 0.3 is 0 Å². The Bertz CT molecular complexity index is 840. The molecule has 0 unspecified atom stereocenters. The summed E-state index contributed by atoms with van der Waals surface area (Å²) in [4.78, 5) is 22.0. The quantitative estimate of drug-likeness (QED) is 0.472. The molecule has 0 fully saturated rings. The molecule has 0 aromatic heterocycles. The number of non-ortho nitro benzene ring substituents is 1. The molecular formula is C18H18ClN3O4. The molecule has 0 aliphatic heterocycles. The summed E-state index contributed by atoms with van der Waals surface area (Å²) in [6, 6.07) is 9.41. The molecule has 0 spiro atoms. The summed E-state index contributed by atoms with van der Waals surface area (Å²) in [6.07, 6.45) is 0. The Morgan fingerprint density at radius 3 is 2.35 bits per heavy atom. The number of carbonyl (C=O) groups excluding carboxylic acids is 1. The zero-order chi connectivity index (χ0) is 19.3. The minimum atomic E-state index is -0.477. The molecule has 1 N–H and O–H groups in total. The zero-order valence-electron chi connectivity index (χ0n) is 14.6. The van der Waals surface area contributed by atoms with Crippen LogP contribution in [0.2, 0.25) is 5.02 Å². The molecule has 0 aliphatic carbocycles. The second-order valence-corrected chi connectivity index (χ2v) is 6.07. The summed E-state index contributed by atoms with van der Waals surface area (Å²) in [7, 11) is 0. The second-order valence-electron chi connectivity index (χ2n) is 5.70. The molecule has 0 saturated carbocycles. The number of hydrazone groups is 1. The number of nitro groups is 1. The first-order valence-electron chi connectivity index (χ1n) is 7.75. The maximum absolute atomic E-state index is 11.9. The number of hydrogen-bond acceptors (Lipinski definition) is 5. The summed E-state index contributed by atoms with van der Waals surface area (Å²) in [5.74, 6) is 0.132. The van der Waals surface area contributed by atoms with Crippen LogP contribution < -0.4 is 10.2 Å². The highest BCUT2D eigenvalue weighted by atomic mass is 35.5. The molecule has 0 atom stereocenters. The Balaban J connectivity index is 1.93. The van der Waals surface area contributed by atoms with Crippen LogP contribution in [0.4, 0.5) is 5.69 Å². The van der Waals surface area contributed by atoms with E-state index in [4.69, 9.17) is 16.3 Å². The molecule has 7 nitrogen and oxygen atoms in total. The third-order valence-corrected chi connectivity index (χ3v) is 4.22. The standard InChI is InChI=1S/C18H18ClN3O4/c1-11-8-16(9-12(2)18(11)19)26-10-17(23)21-20-13(3)14-4-6-15(7-5-14)22(24)25/h4-9H,10H2,1-3H3,(H,21,23)/b20-13-. The van der Waals surface area contributed by atoms with Gasteiger partial charge in [-0.2, -0.15) is 5.10 Å². The Morgan fingerprint density at radius 2 is 1.81 bits per heavy atom. The molecular weight excluding hydrogens is 358 g/mol. The number of nitrogens with one attached hydrogen (secondary N) is 1. The summed E-state index contributed by atoms with van der Waals surface area (Å²) < 4.78 is 5.45. The monoisotopic (exact) mass is 375 g/mol. The minimum absolute atomic E-state index is 0.00691. The lowest BCUT2D eigenvalue weighted by Crippen LogP contribution is -2.25. The van der Waals surface area contributed by atoms with E-state index in [0.29, 0.717) is 22.0 Å². The van der Waals surface area contributed by atoms with Crippen LogP contribution in [-0.2, 0) is 4.79 Å². The van der Waals surface area contributed by atoms with Crippen LogP contribution in [0.3, 0.4) is 0 Å². The predicted molar refractivity (Wildman–Crippen MR) is 99.9 cm³/mol. The Kier molecular flexibility index (Phi) is 6.30.